The lowest BCUT2D eigenvalue weighted by atomic mass is 9.75. The van der Waals surface area contributed by atoms with E-state index in [1.54, 1.807) is 12.1 Å². The number of ether oxygens (including phenoxy) is 1. The molecule has 2 aromatic carbocycles. The molecule has 0 spiro atoms. The van der Waals surface area contributed by atoms with Crippen LogP contribution in [0.3, 0.4) is 0 Å². The molecule has 1 N–H and O–H groups in total. The quantitative estimate of drug-likeness (QED) is 0.596. The highest BCUT2D eigenvalue weighted by atomic mass is 19.1. The zero-order valence-corrected chi connectivity index (χ0v) is 15.8. The van der Waals surface area contributed by atoms with Gasteiger partial charge >= 0.3 is 5.97 Å². The van der Waals surface area contributed by atoms with Crippen molar-refractivity contribution in [1.82, 2.24) is 0 Å². The summed E-state index contributed by atoms with van der Waals surface area (Å²) in [5.41, 5.74) is 1.03. The molecule has 2 aromatic rings. The standard InChI is InChI=1S/C23H22FNO4/c24-17-8-10-18(11-9-17)25-19(26)13-29-23(28)21-16-7-6-15(12-16)20(21)22(27)14-4-2-1-3-5-14/h1-5,8-11,15-16,20-21H,6-7,12-13H2,(H,25,26)/t15-,16-,20-,21+/m0/s1. The molecule has 4 rings (SSSR count). The van der Waals surface area contributed by atoms with E-state index in [1.165, 1.54) is 24.3 Å². The Bertz CT molecular complexity index is 912. The van der Waals surface area contributed by atoms with Gasteiger partial charge in [0.05, 0.1) is 5.92 Å². The van der Waals surface area contributed by atoms with Gasteiger partial charge in [-0.15, -0.1) is 0 Å². The van der Waals surface area contributed by atoms with E-state index in [4.69, 9.17) is 4.74 Å². The normalized spacial score (nSPS) is 24.9. The average Bonchev–Trinajstić information content (AvgIpc) is 3.35. The van der Waals surface area contributed by atoms with Crippen LogP contribution >= 0.6 is 0 Å². The molecule has 2 fully saturated rings. The maximum absolute atomic E-state index is 13.0. The Balaban J connectivity index is 1.39. The van der Waals surface area contributed by atoms with Gasteiger partial charge in [0.15, 0.2) is 12.4 Å². The minimum atomic E-state index is -0.501. The number of hydrogen-bond donors (Lipinski definition) is 1. The van der Waals surface area contributed by atoms with E-state index < -0.39 is 30.2 Å². The number of fused-ring (bicyclic) bond motifs is 2. The number of carbonyl (C=O) groups is 3. The van der Waals surface area contributed by atoms with Crippen molar-refractivity contribution in [2.75, 3.05) is 11.9 Å². The fourth-order valence-electron chi connectivity index (χ4n) is 4.77. The van der Waals surface area contributed by atoms with Gasteiger partial charge in [-0.1, -0.05) is 30.3 Å². The number of hydrogen-bond acceptors (Lipinski definition) is 4. The molecule has 0 heterocycles. The molecule has 2 aliphatic rings. The monoisotopic (exact) mass is 395 g/mol. The van der Waals surface area contributed by atoms with Crippen LogP contribution in [0.1, 0.15) is 29.6 Å². The highest BCUT2D eigenvalue weighted by molar-refractivity contribution is 6.01. The summed E-state index contributed by atoms with van der Waals surface area (Å²) in [6.45, 7) is -0.434. The highest BCUT2D eigenvalue weighted by Gasteiger charge is 2.54. The highest BCUT2D eigenvalue weighted by Crippen LogP contribution is 2.53. The fraction of sp³-hybridized carbons (Fsp3) is 0.348. The number of halogens is 1. The molecule has 2 saturated carbocycles. The van der Waals surface area contributed by atoms with Crippen molar-refractivity contribution in [3.05, 3.63) is 66.0 Å². The number of rotatable bonds is 6. The van der Waals surface area contributed by atoms with E-state index in [1.807, 2.05) is 18.2 Å². The zero-order chi connectivity index (χ0) is 20.4. The van der Waals surface area contributed by atoms with Gasteiger partial charge in [0, 0.05) is 17.2 Å². The number of Topliss-reactive ketones (excluding diaryl/α,β-unsaturated/α-hetero) is 1. The number of benzene rings is 2. The van der Waals surface area contributed by atoms with Gasteiger partial charge in [0.2, 0.25) is 0 Å². The Hall–Kier alpha value is -3.02. The lowest BCUT2D eigenvalue weighted by Gasteiger charge is -2.28. The topological polar surface area (TPSA) is 72.5 Å². The van der Waals surface area contributed by atoms with Gasteiger partial charge < -0.3 is 10.1 Å². The van der Waals surface area contributed by atoms with Crippen LogP contribution in [0.2, 0.25) is 0 Å². The molecule has 6 heteroatoms. The van der Waals surface area contributed by atoms with Crippen LogP contribution in [0.5, 0.6) is 0 Å². The van der Waals surface area contributed by atoms with Crippen molar-refractivity contribution < 1.29 is 23.5 Å². The average molecular weight is 395 g/mol. The molecular formula is C23H22FNO4. The van der Waals surface area contributed by atoms with Crippen LogP contribution < -0.4 is 5.32 Å². The van der Waals surface area contributed by atoms with Crippen molar-refractivity contribution in [3.8, 4) is 0 Å². The maximum atomic E-state index is 13.0. The van der Waals surface area contributed by atoms with Gasteiger partial charge in [-0.25, -0.2) is 4.39 Å². The number of amides is 1. The Morgan fingerprint density at radius 3 is 2.28 bits per heavy atom. The molecular weight excluding hydrogens is 373 g/mol. The van der Waals surface area contributed by atoms with E-state index in [0.717, 1.165) is 19.3 Å². The summed E-state index contributed by atoms with van der Waals surface area (Å²) in [6, 6.07) is 14.3. The first-order valence-corrected chi connectivity index (χ1v) is 9.84. The van der Waals surface area contributed by atoms with Gasteiger partial charge in [0.25, 0.3) is 5.91 Å². The Morgan fingerprint density at radius 1 is 0.931 bits per heavy atom. The Kier molecular flexibility index (Phi) is 5.43. The summed E-state index contributed by atoms with van der Waals surface area (Å²) in [5.74, 6) is -1.97. The van der Waals surface area contributed by atoms with Crippen molar-refractivity contribution in [2.45, 2.75) is 19.3 Å². The maximum Gasteiger partial charge on any atom is 0.310 e. The van der Waals surface area contributed by atoms with E-state index >= 15 is 0 Å². The third-order valence-corrected chi connectivity index (χ3v) is 6.02. The largest absolute Gasteiger partial charge is 0.455 e. The van der Waals surface area contributed by atoms with Gasteiger partial charge in [-0.2, -0.15) is 0 Å². The number of anilines is 1. The summed E-state index contributed by atoms with van der Waals surface area (Å²) in [5, 5.41) is 2.56. The molecule has 2 aliphatic carbocycles. The van der Waals surface area contributed by atoms with E-state index in [2.05, 4.69) is 5.32 Å². The summed E-state index contributed by atoms with van der Waals surface area (Å²) >= 11 is 0. The summed E-state index contributed by atoms with van der Waals surface area (Å²) < 4.78 is 18.2. The lowest BCUT2D eigenvalue weighted by molar-refractivity contribution is -0.154. The number of ketones is 1. The minimum absolute atomic E-state index is 0.0180. The molecule has 1 amide bonds. The lowest BCUT2D eigenvalue weighted by Crippen LogP contribution is -2.37. The first kappa shape index (κ1) is 19.3. The molecule has 0 unspecified atom stereocenters. The first-order chi connectivity index (χ1) is 14.0. The van der Waals surface area contributed by atoms with Crippen molar-refractivity contribution in [3.63, 3.8) is 0 Å². The van der Waals surface area contributed by atoms with E-state index in [9.17, 15) is 18.8 Å². The van der Waals surface area contributed by atoms with Crippen molar-refractivity contribution in [1.29, 1.82) is 0 Å². The van der Waals surface area contributed by atoms with E-state index in [-0.39, 0.29) is 23.5 Å². The molecule has 29 heavy (non-hydrogen) atoms. The van der Waals surface area contributed by atoms with Crippen LogP contribution in [0.4, 0.5) is 10.1 Å². The number of nitrogens with one attached hydrogen (secondary N) is 1. The van der Waals surface area contributed by atoms with Gasteiger partial charge in [0.1, 0.15) is 5.82 Å². The molecule has 5 nitrogen and oxygen atoms in total. The van der Waals surface area contributed by atoms with Crippen molar-refractivity contribution in [2.24, 2.45) is 23.7 Å². The fourth-order valence-corrected chi connectivity index (χ4v) is 4.77. The molecule has 4 atom stereocenters. The zero-order valence-electron chi connectivity index (χ0n) is 15.8. The van der Waals surface area contributed by atoms with Crippen LogP contribution in [0.15, 0.2) is 54.6 Å². The smallest absolute Gasteiger partial charge is 0.310 e. The Labute approximate surface area is 168 Å². The molecule has 150 valence electrons. The molecule has 0 aliphatic heterocycles. The molecule has 0 saturated heterocycles. The van der Waals surface area contributed by atoms with Gasteiger partial charge in [-0.3, -0.25) is 14.4 Å². The summed E-state index contributed by atoms with van der Waals surface area (Å²) in [6.07, 6.45) is 2.71. The second kappa shape index (κ2) is 8.15. The SMILES string of the molecule is O=C(COC(=O)[C@@H]1[C@H]2CC[C@@H](C2)[C@@H]1C(=O)c1ccccc1)Nc1ccc(F)cc1. The predicted molar refractivity (Wildman–Crippen MR) is 105 cm³/mol. The third-order valence-electron chi connectivity index (χ3n) is 6.02. The van der Waals surface area contributed by atoms with Crippen LogP contribution in [-0.4, -0.2) is 24.3 Å². The van der Waals surface area contributed by atoms with Crippen molar-refractivity contribution >= 4 is 23.3 Å². The van der Waals surface area contributed by atoms with Crippen LogP contribution in [-0.2, 0) is 14.3 Å². The minimum Gasteiger partial charge on any atom is -0.455 e. The predicted octanol–water partition coefficient (Wildman–Crippen LogP) is 3.85. The summed E-state index contributed by atoms with van der Waals surface area (Å²) in [7, 11) is 0. The summed E-state index contributed by atoms with van der Waals surface area (Å²) in [4.78, 5) is 37.9. The van der Waals surface area contributed by atoms with Crippen LogP contribution in [0.25, 0.3) is 0 Å². The molecule has 0 radical (unpaired) electrons. The molecule has 2 bridgehead atoms. The second-order valence-corrected chi connectivity index (χ2v) is 7.78. The molecule has 0 aromatic heterocycles. The second-order valence-electron chi connectivity index (χ2n) is 7.78. The first-order valence-electron chi connectivity index (χ1n) is 9.84. The number of esters is 1. The Morgan fingerprint density at radius 2 is 1.59 bits per heavy atom. The van der Waals surface area contributed by atoms with E-state index in [0.29, 0.717) is 11.3 Å². The van der Waals surface area contributed by atoms with Crippen LogP contribution in [0, 0.1) is 29.5 Å². The van der Waals surface area contributed by atoms with Gasteiger partial charge in [-0.05, 0) is 55.4 Å². The third kappa shape index (κ3) is 4.06. The number of carbonyl (C=O) groups excluding carboxylic acids is 3.